The topological polar surface area (TPSA) is 141 Å². The van der Waals surface area contributed by atoms with E-state index in [1.165, 1.54) is 18.5 Å². The first-order valence-electron chi connectivity index (χ1n) is 8.09. The molecule has 29 heavy (non-hydrogen) atoms. The lowest BCUT2D eigenvalue weighted by Crippen LogP contribution is -2.10. The van der Waals surface area contributed by atoms with Crippen molar-refractivity contribution in [1.29, 1.82) is 0 Å². The first kappa shape index (κ1) is 18.3. The van der Waals surface area contributed by atoms with E-state index < -0.39 is 16.7 Å². The molecule has 4 aromatic heterocycles. The third-order valence-corrected chi connectivity index (χ3v) is 4.67. The Morgan fingerprint density at radius 2 is 2.00 bits per heavy atom. The highest BCUT2D eigenvalue weighted by molar-refractivity contribution is 7.18. The van der Waals surface area contributed by atoms with Crippen molar-refractivity contribution in [1.82, 2.24) is 9.97 Å². The number of hydrogen-bond donors (Lipinski definition) is 1. The second-order valence-corrected chi connectivity index (χ2v) is 6.57. The van der Waals surface area contributed by atoms with Gasteiger partial charge in [-0.3, -0.25) is 30.0 Å². The van der Waals surface area contributed by atoms with Crippen molar-refractivity contribution in [3.8, 4) is 11.5 Å². The van der Waals surface area contributed by atoms with E-state index in [4.69, 9.17) is 8.83 Å². The minimum absolute atomic E-state index is 0.0970. The summed E-state index contributed by atoms with van der Waals surface area (Å²) in [4.78, 5) is 43.7. The van der Waals surface area contributed by atoms with Crippen molar-refractivity contribution >= 4 is 34.0 Å². The Hall–Kier alpha value is -4.12. The molecule has 0 bridgehead atoms. The van der Waals surface area contributed by atoms with Crippen LogP contribution in [0.15, 0.2) is 63.8 Å². The lowest BCUT2D eigenvalue weighted by molar-refractivity contribution is -0.402. The average Bonchev–Trinajstić information content (AvgIpc) is 3.47. The van der Waals surface area contributed by atoms with Crippen LogP contribution in [0.5, 0.6) is 0 Å². The molecule has 144 valence electrons. The molecular weight excluding hydrogens is 400 g/mol. The van der Waals surface area contributed by atoms with Gasteiger partial charge in [0.25, 0.3) is 5.91 Å². The van der Waals surface area contributed by atoms with Gasteiger partial charge in [-0.1, -0.05) is 17.4 Å². The number of hydrogen-bond acceptors (Lipinski definition) is 9. The number of aromatic nitrogens is 2. The largest absolute Gasteiger partial charge is 0.463 e. The van der Waals surface area contributed by atoms with E-state index in [1.54, 1.807) is 30.3 Å². The molecule has 1 N–H and O–H groups in total. The SMILES string of the molecule is O=C(Nc1nc(-c2ccco2)c(C(=O)c2ccccn2)s1)c1ccc([N+](=O)[O-])o1. The molecule has 0 aliphatic rings. The van der Waals surface area contributed by atoms with Crippen LogP contribution in [-0.2, 0) is 0 Å². The summed E-state index contributed by atoms with van der Waals surface area (Å²) >= 11 is 0.929. The third-order valence-electron chi connectivity index (χ3n) is 3.70. The van der Waals surface area contributed by atoms with Gasteiger partial charge in [-0.25, -0.2) is 4.98 Å². The maximum absolute atomic E-state index is 12.9. The molecule has 0 radical (unpaired) electrons. The summed E-state index contributed by atoms with van der Waals surface area (Å²) in [7, 11) is 0. The standard InChI is InChI=1S/C18H10N4O6S/c23-15(10-4-1-2-8-19-10)16-14(11-5-3-9-27-11)20-18(29-16)21-17(24)12-6-7-13(28-12)22(25)26/h1-9H,(H,20,21,24). The molecule has 4 rings (SSSR count). The minimum Gasteiger partial charge on any atom is -0.463 e. The molecule has 0 atom stereocenters. The monoisotopic (exact) mass is 410 g/mol. The number of ketones is 1. The third kappa shape index (κ3) is 3.66. The number of carbonyl (C=O) groups excluding carboxylic acids is 2. The van der Waals surface area contributed by atoms with Crippen molar-refractivity contribution in [3.05, 3.63) is 81.4 Å². The second-order valence-electron chi connectivity index (χ2n) is 5.57. The predicted molar refractivity (Wildman–Crippen MR) is 101 cm³/mol. The Bertz CT molecular complexity index is 1200. The minimum atomic E-state index is -0.751. The Morgan fingerprint density at radius 1 is 1.14 bits per heavy atom. The van der Waals surface area contributed by atoms with Gasteiger partial charge in [-0.05, 0) is 30.3 Å². The first-order valence-corrected chi connectivity index (χ1v) is 8.90. The number of anilines is 1. The van der Waals surface area contributed by atoms with Gasteiger partial charge in [0.15, 0.2) is 16.7 Å². The van der Waals surface area contributed by atoms with Gasteiger partial charge < -0.3 is 8.83 Å². The molecule has 10 nitrogen and oxygen atoms in total. The van der Waals surface area contributed by atoms with E-state index in [0.717, 1.165) is 17.4 Å². The number of nitro groups is 1. The highest BCUT2D eigenvalue weighted by atomic mass is 32.1. The van der Waals surface area contributed by atoms with Gasteiger partial charge in [0.1, 0.15) is 21.2 Å². The Balaban J connectivity index is 1.67. The summed E-state index contributed by atoms with van der Waals surface area (Å²) in [5, 5.41) is 13.3. The predicted octanol–water partition coefficient (Wildman–Crippen LogP) is 3.78. The number of rotatable bonds is 6. The Morgan fingerprint density at radius 3 is 2.66 bits per heavy atom. The van der Waals surface area contributed by atoms with Crippen LogP contribution >= 0.6 is 11.3 Å². The van der Waals surface area contributed by atoms with Crippen LogP contribution in [0.3, 0.4) is 0 Å². The summed E-state index contributed by atoms with van der Waals surface area (Å²) < 4.78 is 10.2. The molecule has 0 aromatic carbocycles. The van der Waals surface area contributed by atoms with E-state index in [-0.39, 0.29) is 32.9 Å². The van der Waals surface area contributed by atoms with Crippen molar-refractivity contribution in [2.45, 2.75) is 0 Å². The number of thiazole rings is 1. The van der Waals surface area contributed by atoms with E-state index in [0.29, 0.717) is 5.76 Å². The molecule has 0 saturated heterocycles. The van der Waals surface area contributed by atoms with Crippen LogP contribution < -0.4 is 5.32 Å². The number of nitrogens with zero attached hydrogens (tertiary/aromatic N) is 3. The van der Waals surface area contributed by atoms with E-state index in [9.17, 15) is 19.7 Å². The van der Waals surface area contributed by atoms with E-state index >= 15 is 0 Å². The van der Waals surface area contributed by atoms with E-state index in [2.05, 4.69) is 15.3 Å². The molecule has 0 aliphatic heterocycles. The van der Waals surface area contributed by atoms with Gasteiger partial charge in [0.2, 0.25) is 5.78 Å². The first-order chi connectivity index (χ1) is 14.0. The number of furan rings is 2. The normalized spacial score (nSPS) is 10.6. The maximum Gasteiger partial charge on any atom is 0.433 e. The van der Waals surface area contributed by atoms with E-state index in [1.807, 2.05) is 0 Å². The van der Waals surface area contributed by atoms with Crippen molar-refractivity contribution < 1.29 is 23.3 Å². The molecule has 0 fully saturated rings. The summed E-state index contributed by atoms with van der Waals surface area (Å²) in [5.41, 5.74) is 0.458. The van der Waals surface area contributed by atoms with Crippen molar-refractivity contribution in [3.63, 3.8) is 0 Å². The highest BCUT2D eigenvalue weighted by Gasteiger charge is 2.25. The summed E-state index contributed by atoms with van der Waals surface area (Å²) in [5.74, 6) is -1.60. The zero-order chi connectivity index (χ0) is 20.4. The molecule has 4 heterocycles. The van der Waals surface area contributed by atoms with Crippen LogP contribution in [0.2, 0.25) is 0 Å². The van der Waals surface area contributed by atoms with Gasteiger partial charge in [0.05, 0.1) is 12.3 Å². The lowest BCUT2D eigenvalue weighted by atomic mass is 10.1. The van der Waals surface area contributed by atoms with Gasteiger partial charge in [0, 0.05) is 6.20 Å². The van der Waals surface area contributed by atoms with Crippen LogP contribution in [0.4, 0.5) is 11.0 Å². The Labute approximate surface area is 166 Å². The van der Waals surface area contributed by atoms with Crippen LogP contribution in [-0.4, -0.2) is 26.6 Å². The molecule has 0 spiro atoms. The summed E-state index contributed by atoms with van der Waals surface area (Å²) in [6.07, 6.45) is 2.93. The molecule has 4 aromatic rings. The van der Waals surface area contributed by atoms with Crippen LogP contribution in [0.1, 0.15) is 25.9 Å². The highest BCUT2D eigenvalue weighted by Crippen LogP contribution is 2.33. The quantitative estimate of drug-likeness (QED) is 0.287. The summed E-state index contributed by atoms with van der Waals surface area (Å²) in [6, 6.07) is 10.4. The van der Waals surface area contributed by atoms with Gasteiger partial charge in [-0.15, -0.1) is 0 Å². The lowest BCUT2D eigenvalue weighted by Gasteiger charge is -1.98. The number of nitrogens with one attached hydrogen (secondary N) is 1. The van der Waals surface area contributed by atoms with Crippen molar-refractivity contribution in [2.24, 2.45) is 0 Å². The molecule has 11 heteroatoms. The van der Waals surface area contributed by atoms with Gasteiger partial charge >= 0.3 is 5.88 Å². The average molecular weight is 410 g/mol. The van der Waals surface area contributed by atoms with Crippen molar-refractivity contribution in [2.75, 3.05) is 5.32 Å². The molecular formula is C18H10N4O6S. The zero-order valence-corrected chi connectivity index (χ0v) is 15.2. The fourth-order valence-corrected chi connectivity index (χ4v) is 3.34. The maximum atomic E-state index is 12.9. The number of carbonyl (C=O) groups is 2. The molecule has 1 amide bonds. The molecule has 0 aliphatic carbocycles. The van der Waals surface area contributed by atoms with Crippen LogP contribution in [0.25, 0.3) is 11.5 Å². The summed E-state index contributed by atoms with van der Waals surface area (Å²) in [6.45, 7) is 0. The molecule has 0 unspecified atom stereocenters. The second kappa shape index (κ2) is 7.48. The molecule has 0 saturated carbocycles. The fraction of sp³-hybridized carbons (Fsp3) is 0. The zero-order valence-electron chi connectivity index (χ0n) is 14.4. The fourth-order valence-electron chi connectivity index (χ4n) is 2.43. The smallest absolute Gasteiger partial charge is 0.433 e. The number of amides is 1. The van der Waals surface area contributed by atoms with Crippen LogP contribution in [0, 0.1) is 10.1 Å². The Kier molecular flexibility index (Phi) is 4.71. The van der Waals surface area contributed by atoms with Gasteiger partial charge in [-0.2, -0.15) is 0 Å². The number of pyridine rings is 1.